The van der Waals surface area contributed by atoms with Crippen molar-refractivity contribution in [1.29, 1.82) is 5.41 Å². The van der Waals surface area contributed by atoms with Gasteiger partial charge in [0, 0.05) is 12.2 Å². The summed E-state index contributed by atoms with van der Waals surface area (Å²) in [5, 5.41) is 16.7. The average molecular weight is 262 g/mol. The summed E-state index contributed by atoms with van der Waals surface area (Å²) in [5.74, 6) is 0.0451. The summed E-state index contributed by atoms with van der Waals surface area (Å²) in [6.45, 7) is 2.34. The summed E-state index contributed by atoms with van der Waals surface area (Å²) in [6, 6.07) is 2.97. The third-order valence-electron chi connectivity index (χ3n) is 3.21. The number of carboxylic acid groups (broad SMARTS) is 1. The van der Waals surface area contributed by atoms with Gasteiger partial charge in [-0.3, -0.25) is 10.3 Å². The molecule has 102 valence electrons. The summed E-state index contributed by atoms with van der Waals surface area (Å²) in [5.41, 5.74) is 6.34. The van der Waals surface area contributed by atoms with Crippen LogP contribution in [-0.2, 0) is 0 Å². The van der Waals surface area contributed by atoms with E-state index in [1.807, 2.05) is 0 Å². The number of nitrogens with one attached hydrogen (secondary N) is 1. The molecule has 0 saturated heterocycles. The number of nitrogens with two attached hydrogens (primary N) is 1. The summed E-state index contributed by atoms with van der Waals surface area (Å²) in [7, 11) is 0. The number of hydrogen-bond acceptors (Lipinski definition) is 3. The number of aromatic carboxylic acids is 1. The highest BCUT2D eigenvalue weighted by atomic mass is 16.4. The van der Waals surface area contributed by atoms with Gasteiger partial charge in [0.1, 0.15) is 5.82 Å². The normalized spacial score (nSPS) is 14.2. The van der Waals surface area contributed by atoms with Gasteiger partial charge in [-0.2, -0.15) is 0 Å². The van der Waals surface area contributed by atoms with Crippen molar-refractivity contribution in [2.75, 3.05) is 11.4 Å². The average Bonchev–Trinajstić information content (AvgIpc) is 3.12. The maximum absolute atomic E-state index is 11.0. The van der Waals surface area contributed by atoms with E-state index in [0.29, 0.717) is 24.0 Å². The van der Waals surface area contributed by atoms with E-state index in [1.165, 1.54) is 25.0 Å². The maximum Gasteiger partial charge on any atom is 0.335 e. The molecule has 1 aliphatic rings. The van der Waals surface area contributed by atoms with Crippen LogP contribution in [0.4, 0.5) is 5.82 Å². The van der Waals surface area contributed by atoms with Crippen LogP contribution in [0.15, 0.2) is 12.1 Å². The van der Waals surface area contributed by atoms with E-state index in [9.17, 15) is 4.79 Å². The quantitative estimate of drug-likeness (QED) is 0.552. The second-order valence-corrected chi connectivity index (χ2v) is 4.93. The molecule has 0 bridgehead atoms. The minimum absolute atomic E-state index is 0.102. The van der Waals surface area contributed by atoms with Crippen molar-refractivity contribution < 1.29 is 9.90 Å². The Labute approximate surface area is 111 Å². The number of guanidine groups is 1. The van der Waals surface area contributed by atoms with Gasteiger partial charge in [0.15, 0.2) is 5.96 Å². The van der Waals surface area contributed by atoms with E-state index in [0.717, 1.165) is 6.42 Å². The van der Waals surface area contributed by atoms with Crippen LogP contribution in [0.5, 0.6) is 0 Å². The Morgan fingerprint density at radius 3 is 2.79 bits per heavy atom. The fourth-order valence-corrected chi connectivity index (χ4v) is 1.99. The lowest BCUT2D eigenvalue weighted by Gasteiger charge is -2.22. The second-order valence-electron chi connectivity index (χ2n) is 4.93. The molecule has 1 aliphatic carbocycles. The molecule has 1 fully saturated rings. The smallest absolute Gasteiger partial charge is 0.335 e. The summed E-state index contributed by atoms with van der Waals surface area (Å²) in [4.78, 5) is 16.9. The van der Waals surface area contributed by atoms with Crippen LogP contribution in [0.3, 0.4) is 0 Å². The number of pyridine rings is 1. The van der Waals surface area contributed by atoms with Crippen LogP contribution < -0.4 is 10.6 Å². The number of anilines is 1. The predicted molar refractivity (Wildman–Crippen MR) is 72.5 cm³/mol. The summed E-state index contributed by atoms with van der Waals surface area (Å²) < 4.78 is 0. The molecule has 2 rings (SSSR count). The van der Waals surface area contributed by atoms with E-state index in [-0.39, 0.29) is 11.5 Å². The molecule has 1 aromatic rings. The molecule has 4 N–H and O–H groups in total. The van der Waals surface area contributed by atoms with Crippen molar-refractivity contribution >= 4 is 17.7 Å². The van der Waals surface area contributed by atoms with Gasteiger partial charge in [-0.15, -0.1) is 0 Å². The number of nitrogens with zero attached hydrogens (tertiary/aromatic N) is 2. The lowest BCUT2D eigenvalue weighted by molar-refractivity contribution is 0.0696. The monoisotopic (exact) mass is 262 g/mol. The predicted octanol–water partition coefficient (Wildman–Crippen LogP) is 1.59. The topological polar surface area (TPSA) is 103 Å². The third-order valence-corrected chi connectivity index (χ3v) is 3.21. The standard InChI is InChI=1S/C13H18N4O2/c1-8-6-10(12(18)19)7-11(16-8)17(13(14)15)5-4-9-2-3-9/h6-7,9H,2-5H2,1H3,(H3,14,15)(H,18,19). The van der Waals surface area contributed by atoms with E-state index >= 15 is 0 Å². The molecule has 0 aromatic carbocycles. The van der Waals surface area contributed by atoms with E-state index in [4.69, 9.17) is 16.2 Å². The number of carboxylic acids is 1. The van der Waals surface area contributed by atoms with E-state index < -0.39 is 5.97 Å². The van der Waals surface area contributed by atoms with Gasteiger partial charge in [0.05, 0.1) is 5.56 Å². The molecule has 0 aliphatic heterocycles. The minimum atomic E-state index is -1.00. The highest BCUT2D eigenvalue weighted by molar-refractivity contribution is 5.94. The molecule has 0 radical (unpaired) electrons. The Morgan fingerprint density at radius 1 is 1.58 bits per heavy atom. The molecule has 19 heavy (non-hydrogen) atoms. The third kappa shape index (κ3) is 3.43. The summed E-state index contributed by atoms with van der Waals surface area (Å²) in [6.07, 6.45) is 3.42. The van der Waals surface area contributed by atoms with Crippen LogP contribution in [0.1, 0.15) is 35.3 Å². The molecule has 0 amide bonds. The van der Waals surface area contributed by atoms with Gasteiger partial charge in [-0.05, 0) is 31.4 Å². The zero-order chi connectivity index (χ0) is 14.0. The second kappa shape index (κ2) is 5.26. The Kier molecular flexibility index (Phi) is 3.69. The zero-order valence-electron chi connectivity index (χ0n) is 10.9. The van der Waals surface area contributed by atoms with E-state index in [1.54, 1.807) is 11.8 Å². The van der Waals surface area contributed by atoms with Crippen molar-refractivity contribution in [2.45, 2.75) is 26.2 Å². The first-order valence-electron chi connectivity index (χ1n) is 6.31. The molecule has 0 atom stereocenters. The lowest BCUT2D eigenvalue weighted by atomic mass is 10.2. The Bertz CT molecular complexity index is 511. The zero-order valence-corrected chi connectivity index (χ0v) is 10.9. The minimum Gasteiger partial charge on any atom is -0.478 e. The van der Waals surface area contributed by atoms with Gasteiger partial charge in [0.25, 0.3) is 0 Å². The molecule has 6 nitrogen and oxygen atoms in total. The van der Waals surface area contributed by atoms with Crippen LogP contribution in [-0.4, -0.2) is 28.6 Å². The van der Waals surface area contributed by atoms with Crippen LogP contribution in [0, 0.1) is 18.3 Å². The van der Waals surface area contributed by atoms with Gasteiger partial charge in [-0.25, -0.2) is 9.78 Å². The van der Waals surface area contributed by atoms with Crippen molar-refractivity contribution in [3.05, 3.63) is 23.4 Å². The number of carbonyl (C=O) groups is 1. The molecular weight excluding hydrogens is 244 g/mol. The van der Waals surface area contributed by atoms with Gasteiger partial charge < -0.3 is 10.8 Å². The maximum atomic E-state index is 11.0. The molecule has 0 spiro atoms. The molecule has 1 heterocycles. The largest absolute Gasteiger partial charge is 0.478 e. The SMILES string of the molecule is Cc1cc(C(=O)O)cc(N(CCC2CC2)C(=N)N)n1. The molecule has 6 heteroatoms. The highest BCUT2D eigenvalue weighted by Gasteiger charge is 2.23. The molecule has 1 saturated carbocycles. The fourth-order valence-electron chi connectivity index (χ4n) is 1.99. The van der Waals surface area contributed by atoms with E-state index in [2.05, 4.69) is 4.98 Å². The van der Waals surface area contributed by atoms with Crippen LogP contribution in [0.25, 0.3) is 0 Å². The molecule has 1 aromatic heterocycles. The van der Waals surface area contributed by atoms with Crippen molar-refractivity contribution in [2.24, 2.45) is 11.7 Å². The number of hydrogen-bond donors (Lipinski definition) is 3. The number of aryl methyl sites for hydroxylation is 1. The number of rotatable bonds is 5. The van der Waals surface area contributed by atoms with Crippen molar-refractivity contribution in [1.82, 2.24) is 4.98 Å². The Hall–Kier alpha value is -2.11. The molecular formula is C13H18N4O2. The highest BCUT2D eigenvalue weighted by Crippen LogP contribution is 2.32. The first-order valence-corrected chi connectivity index (χ1v) is 6.31. The van der Waals surface area contributed by atoms with Crippen LogP contribution in [0.2, 0.25) is 0 Å². The first-order chi connectivity index (χ1) is 8.97. The van der Waals surface area contributed by atoms with Gasteiger partial charge in [0.2, 0.25) is 0 Å². The van der Waals surface area contributed by atoms with Crippen molar-refractivity contribution in [3.63, 3.8) is 0 Å². The lowest BCUT2D eigenvalue weighted by Crippen LogP contribution is -2.38. The fraction of sp³-hybridized carbons (Fsp3) is 0.462. The van der Waals surface area contributed by atoms with Crippen molar-refractivity contribution in [3.8, 4) is 0 Å². The molecule has 0 unspecified atom stereocenters. The van der Waals surface area contributed by atoms with Crippen LogP contribution >= 0.6 is 0 Å². The number of aromatic nitrogens is 1. The Morgan fingerprint density at radius 2 is 2.26 bits per heavy atom. The van der Waals surface area contributed by atoms with Gasteiger partial charge >= 0.3 is 5.97 Å². The first kappa shape index (κ1) is 13.3. The Balaban J connectivity index is 2.23. The van der Waals surface area contributed by atoms with Gasteiger partial charge in [-0.1, -0.05) is 12.8 Å². The summed E-state index contributed by atoms with van der Waals surface area (Å²) >= 11 is 0.